The van der Waals surface area contributed by atoms with E-state index >= 15 is 0 Å². The lowest BCUT2D eigenvalue weighted by Crippen LogP contribution is -2.44. The first kappa shape index (κ1) is 13.4. The molecule has 1 heterocycles. The van der Waals surface area contributed by atoms with Crippen LogP contribution >= 0.6 is 0 Å². The minimum Gasteiger partial charge on any atom is -0.480 e. The molecule has 0 aromatic heterocycles. The van der Waals surface area contributed by atoms with Crippen molar-refractivity contribution in [2.75, 3.05) is 13.1 Å². The van der Waals surface area contributed by atoms with Crippen molar-refractivity contribution >= 4 is 5.97 Å². The number of carbonyl (C=O) groups is 1. The van der Waals surface area contributed by atoms with E-state index in [9.17, 15) is 4.79 Å². The lowest BCUT2D eigenvalue weighted by molar-refractivity contribution is -0.144. The topological polar surface area (TPSA) is 40.5 Å². The van der Waals surface area contributed by atoms with Crippen LogP contribution < -0.4 is 0 Å². The molecule has 0 saturated carbocycles. The zero-order chi connectivity index (χ0) is 11.0. The van der Waals surface area contributed by atoms with E-state index in [2.05, 4.69) is 11.8 Å². The molecule has 1 rings (SSSR count). The first-order valence-electron chi connectivity index (χ1n) is 5.72. The number of carboxylic acids is 1. The number of likely N-dealkylation sites (tertiary alicyclic amines) is 1. The van der Waals surface area contributed by atoms with E-state index in [4.69, 9.17) is 5.11 Å². The van der Waals surface area contributed by atoms with Crippen molar-refractivity contribution in [1.82, 2.24) is 4.90 Å². The lowest BCUT2D eigenvalue weighted by atomic mass is 10.0. The summed E-state index contributed by atoms with van der Waals surface area (Å²) in [5, 5.41) is 8.89. The second kappa shape index (κ2) is 7.80. The number of carboxylic acid groups (broad SMARTS) is 1. The Kier molecular flexibility index (Phi) is 7.48. The zero-order valence-electron chi connectivity index (χ0n) is 9.62. The number of hydrogen-bond acceptors (Lipinski definition) is 2. The molecule has 84 valence electrons. The first-order chi connectivity index (χ1) is 6.75. The average Bonchev–Trinajstić information content (AvgIpc) is 2.22. The van der Waals surface area contributed by atoms with Gasteiger partial charge in [0.15, 0.2) is 0 Å². The van der Waals surface area contributed by atoms with Gasteiger partial charge in [0, 0.05) is 0 Å². The summed E-state index contributed by atoms with van der Waals surface area (Å²) >= 11 is 0. The third-order valence-corrected chi connectivity index (χ3v) is 2.41. The van der Waals surface area contributed by atoms with Crippen molar-refractivity contribution in [1.29, 1.82) is 0 Å². The van der Waals surface area contributed by atoms with E-state index in [1.165, 1.54) is 0 Å². The highest BCUT2D eigenvalue weighted by atomic mass is 16.4. The molecule has 0 amide bonds. The van der Waals surface area contributed by atoms with Crippen molar-refractivity contribution in [2.45, 2.75) is 52.5 Å². The Bertz CT molecular complexity index is 157. The van der Waals surface area contributed by atoms with Gasteiger partial charge in [-0.25, -0.2) is 0 Å². The van der Waals surface area contributed by atoms with Crippen LogP contribution in [0.2, 0.25) is 0 Å². The van der Waals surface area contributed by atoms with E-state index in [-0.39, 0.29) is 6.04 Å². The van der Waals surface area contributed by atoms with Crippen molar-refractivity contribution in [3.8, 4) is 0 Å². The maximum Gasteiger partial charge on any atom is 0.320 e. The second-order valence-electron chi connectivity index (χ2n) is 3.39. The number of piperidine rings is 1. The van der Waals surface area contributed by atoms with Crippen molar-refractivity contribution in [2.24, 2.45) is 0 Å². The minimum atomic E-state index is -0.650. The van der Waals surface area contributed by atoms with Crippen LogP contribution in [0.1, 0.15) is 46.5 Å². The van der Waals surface area contributed by atoms with Crippen LogP contribution in [0.5, 0.6) is 0 Å². The Labute approximate surface area is 87.1 Å². The maximum absolute atomic E-state index is 10.8. The summed E-state index contributed by atoms with van der Waals surface area (Å²) in [4.78, 5) is 12.9. The minimum absolute atomic E-state index is 0.210. The molecule has 0 aromatic carbocycles. The van der Waals surface area contributed by atoms with Crippen LogP contribution in [0, 0.1) is 0 Å². The lowest BCUT2D eigenvalue weighted by Gasteiger charge is -2.32. The van der Waals surface area contributed by atoms with Gasteiger partial charge in [0.25, 0.3) is 0 Å². The average molecular weight is 201 g/mol. The highest BCUT2D eigenvalue weighted by molar-refractivity contribution is 5.73. The molecule has 1 fully saturated rings. The summed E-state index contributed by atoms with van der Waals surface area (Å²) in [6.45, 7) is 7.98. The van der Waals surface area contributed by atoms with Gasteiger partial charge in [-0.2, -0.15) is 0 Å². The third kappa shape index (κ3) is 4.09. The summed E-state index contributed by atoms with van der Waals surface area (Å²) in [6.07, 6.45) is 4.10. The fraction of sp³-hybridized carbons (Fsp3) is 0.909. The molecule has 0 spiro atoms. The van der Waals surface area contributed by atoms with Crippen molar-refractivity contribution in [3.05, 3.63) is 0 Å². The standard InChI is InChI=1S/C9H17NO2.C2H6/c1-2-6-10-7-4-3-5-8(10)9(11)12;1-2/h8H,2-7H2,1H3,(H,11,12);1-2H3. The SMILES string of the molecule is CC.CCCN1CCCCC1C(=O)O. The van der Waals surface area contributed by atoms with Crippen LogP contribution in [0.25, 0.3) is 0 Å². The van der Waals surface area contributed by atoms with Gasteiger partial charge in [0.1, 0.15) is 6.04 Å². The van der Waals surface area contributed by atoms with Crippen LogP contribution in [0.4, 0.5) is 0 Å². The second-order valence-corrected chi connectivity index (χ2v) is 3.39. The van der Waals surface area contributed by atoms with Gasteiger partial charge in [0.05, 0.1) is 0 Å². The number of rotatable bonds is 3. The molecule has 1 N–H and O–H groups in total. The van der Waals surface area contributed by atoms with Gasteiger partial charge in [-0.05, 0) is 32.4 Å². The number of nitrogens with zero attached hydrogens (tertiary/aromatic N) is 1. The van der Waals surface area contributed by atoms with Crippen LogP contribution in [0.15, 0.2) is 0 Å². The zero-order valence-corrected chi connectivity index (χ0v) is 9.62. The largest absolute Gasteiger partial charge is 0.480 e. The summed E-state index contributed by atoms with van der Waals surface area (Å²) in [6, 6.07) is -0.210. The Hall–Kier alpha value is -0.570. The number of hydrogen-bond donors (Lipinski definition) is 1. The Morgan fingerprint density at radius 1 is 1.43 bits per heavy atom. The summed E-state index contributed by atoms with van der Waals surface area (Å²) in [7, 11) is 0. The fourth-order valence-corrected chi connectivity index (χ4v) is 1.83. The molecule has 0 bridgehead atoms. The van der Waals surface area contributed by atoms with Gasteiger partial charge in [-0.3, -0.25) is 9.69 Å². The predicted octanol–water partition coefficient (Wildman–Crippen LogP) is 2.36. The molecule has 3 heteroatoms. The van der Waals surface area contributed by atoms with Gasteiger partial charge in [0.2, 0.25) is 0 Å². The van der Waals surface area contributed by atoms with E-state index in [1.54, 1.807) is 0 Å². The Morgan fingerprint density at radius 3 is 2.57 bits per heavy atom. The Balaban J connectivity index is 0.000000791. The Morgan fingerprint density at radius 2 is 2.07 bits per heavy atom. The first-order valence-corrected chi connectivity index (χ1v) is 5.72. The van der Waals surface area contributed by atoms with Gasteiger partial charge in [-0.1, -0.05) is 27.2 Å². The quantitative estimate of drug-likeness (QED) is 0.762. The normalized spacial score (nSPS) is 22.4. The van der Waals surface area contributed by atoms with Crippen LogP contribution in [0.3, 0.4) is 0 Å². The molecule has 1 aliphatic rings. The van der Waals surface area contributed by atoms with E-state index < -0.39 is 5.97 Å². The summed E-state index contributed by atoms with van der Waals surface area (Å²) in [5.74, 6) is -0.650. The monoisotopic (exact) mass is 201 g/mol. The maximum atomic E-state index is 10.8. The molecule has 0 aliphatic carbocycles. The van der Waals surface area contributed by atoms with Crippen molar-refractivity contribution in [3.63, 3.8) is 0 Å². The molecular formula is C11H23NO2. The van der Waals surface area contributed by atoms with Gasteiger partial charge < -0.3 is 5.11 Å². The molecule has 1 atom stereocenters. The van der Waals surface area contributed by atoms with E-state index in [0.717, 1.165) is 38.8 Å². The molecule has 1 aliphatic heterocycles. The smallest absolute Gasteiger partial charge is 0.320 e. The molecule has 3 nitrogen and oxygen atoms in total. The third-order valence-electron chi connectivity index (χ3n) is 2.41. The summed E-state index contributed by atoms with van der Waals surface area (Å²) in [5.41, 5.74) is 0. The van der Waals surface area contributed by atoms with Crippen LogP contribution in [-0.2, 0) is 4.79 Å². The highest BCUT2D eigenvalue weighted by Crippen LogP contribution is 2.16. The van der Waals surface area contributed by atoms with Crippen LogP contribution in [-0.4, -0.2) is 35.1 Å². The molecule has 0 radical (unpaired) electrons. The molecular weight excluding hydrogens is 178 g/mol. The van der Waals surface area contributed by atoms with E-state index in [0.29, 0.717) is 0 Å². The molecule has 1 unspecified atom stereocenters. The fourth-order valence-electron chi connectivity index (χ4n) is 1.83. The molecule has 0 aromatic rings. The van der Waals surface area contributed by atoms with Gasteiger partial charge in [-0.15, -0.1) is 0 Å². The van der Waals surface area contributed by atoms with Gasteiger partial charge >= 0.3 is 5.97 Å². The van der Waals surface area contributed by atoms with E-state index in [1.807, 2.05) is 13.8 Å². The van der Waals surface area contributed by atoms with Crippen molar-refractivity contribution < 1.29 is 9.90 Å². The molecule has 14 heavy (non-hydrogen) atoms. The molecule has 1 saturated heterocycles. The number of aliphatic carboxylic acids is 1. The predicted molar refractivity (Wildman–Crippen MR) is 58.5 cm³/mol. The highest BCUT2D eigenvalue weighted by Gasteiger charge is 2.27. The summed E-state index contributed by atoms with van der Waals surface area (Å²) < 4.78 is 0.